The zero-order chi connectivity index (χ0) is 26.1. The van der Waals surface area contributed by atoms with Gasteiger partial charge in [0.1, 0.15) is 18.1 Å². The van der Waals surface area contributed by atoms with Crippen LogP contribution in [0.4, 0.5) is 0 Å². The molecule has 2 fully saturated rings. The largest absolute Gasteiger partial charge is 0.480 e. The molecule has 0 radical (unpaired) electrons. The van der Waals surface area contributed by atoms with Gasteiger partial charge in [-0.25, -0.2) is 4.79 Å². The number of carboxylic acids is 1. The summed E-state index contributed by atoms with van der Waals surface area (Å²) >= 11 is 0. The van der Waals surface area contributed by atoms with Crippen molar-refractivity contribution in [3.63, 3.8) is 0 Å². The van der Waals surface area contributed by atoms with Gasteiger partial charge in [0.2, 0.25) is 23.6 Å². The topological polar surface area (TPSA) is 241 Å². The predicted molar refractivity (Wildman–Crippen MR) is 125 cm³/mol. The summed E-state index contributed by atoms with van der Waals surface area (Å²) in [6.07, 6.45) is 2.41. The van der Waals surface area contributed by atoms with Crippen LogP contribution in [0, 0.1) is 0 Å². The van der Waals surface area contributed by atoms with Gasteiger partial charge in [-0.2, -0.15) is 0 Å². The Morgan fingerprint density at radius 1 is 0.943 bits per heavy atom. The second-order valence-corrected chi connectivity index (χ2v) is 8.84. The fourth-order valence-corrected chi connectivity index (χ4v) is 4.45. The summed E-state index contributed by atoms with van der Waals surface area (Å²) in [4.78, 5) is 68.3. The smallest absolute Gasteiger partial charge is 0.326 e. The first-order valence-electron chi connectivity index (χ1n) is 11.8. The quantitative estimate of drug-likeness (QED) is 0.0926. The number of primary amides is 1. The molecule has 10 N–H and O–H groups in total. The fraction of sp³-hybridized carbons (Fsp3) is 0.714. The molecule has 0 aromatic carbocycles. The summed E-state index contributed by atoms with van der Waals surface area (Å²) in [5.41, 5.74) is 21.7. The Labute approximate surface area is 203 Å². The lowest BCUT2D eigenvalue weighted by molar-refractivity contribution is -0.150. The minimum atomic E-state index is -1.10. The molecule has 2 aliphatic heterocycles. The van der Waals surface area contributed by atoms with E-state index in [9.17, 15) is 29.1 Å². The maximum atomic E-state index is 13.2. The number of carbonyl (C=O) groups is 5. The maximum absolute atomic E-state index is 13.2. The molecular formula is C21H36N8O6. The molecule has 0 saturated carbocycles. The number of guanidine groups is 1. The van der Waals surface area contributed by atoms with Crippen molar-refractivity contribution in [3.8, 4) is 0 Å². The highest BCUT2D eigenvalue weighted by Gasteiger charge is 2.40. The molecule has 4 atom stereocenters. The van der Waals surface area contributed by atoms with Gasteiger partial charge in [-0.05, 0) is 44.9 Å². The van der Waals surface area contributed by atoms with Gasteiger partial charge in [-0.15, -0.1) is 0 Å². The highest BCUT2D eigenvalue weighted by Crippen LogP contribution is 2.22. The highest BCUT2D eigenvalue weighted by atomic mass is 16.4. The Kier molecular flexibility index (Phi) is 10.2. The molecule has 2 rings (SSSR count). The van der Waals surface area contributed by atoms with E-state index in [1.165, 1.54) is 9.80 Å². The number of hydrogen-bond donors (Lipinski definition) is 6. The van der Waals surface area contributed by atoms with E-state index in [1.807, 2.05) is 0 Å². The Hall–Kier alpha value is -3.42. The average molecular weight is 497 g/mol. The molecule has 0 spiro atoms. The molecule has 35 heavy (non-hydrogen) atoms. The van der Waals surface area contributed by atoms with E-state index in [2.05, 4.69) is 10.3 Å². The predicted octanol–water partition coefficient (Wildman–Crippen LogP) is -2.82. The number of carbonyl (C=O) groups excluding carboxylic acids is 4. The summed E-state index contributed by atoms with van der Waals surface area (Å²) in [6.45, 7) is 0.823. The number of aliphatic imine (C=N–C) groups is 1. The molecule has 2 aliphatic rings. The van der Waals surface area contributed by atoms with Gasteiger partial charge in [-0.1, -0.05) is 0 Å². The number of nitrogens with zero attached hydrogens (tertiary/aromatic N) is 3. The van der Waals surface area contributed by atoms with Gasteiger partial charge >= 0.3 is 5.97 Å². The molecule has 14 nitrogen and oxygen atoms in total. The summed E-state index contributed by atoms with van der Waals surface area (Å²) in [6, 6.07) is -3.76. The van der Waals surface area contributed by atoms with Gasteiger partial charge in [0.05, 0.1) is 6.04 Å². The zero-order valence-corrected chi connectivity index (χ0v) is 19.7. The van der Waals surface area contributed by atoms with E-state index >= 15 is 0 Å². The van der Waals surface area contributed by atoms with Crippen LogP contribution in [0.1, 0.15) is 51.4 Å². The van der Waals surface area contributed by atoms with Crippen molar-refractivity contribution in [2.75, 3.05) is 19.6 Å². The van der Waals surface area contributed by atoms with Crippen LogP contribution in [0.5, 0.6) is 0 Å². The monoisotopic (exact) mass is 496 g/mol. The van der Waals surface area contributed by atoms with Gasteiger partial charge in [0, 0.05) is 26.1 Å². The molecule has 0 bridgehead atoms. The first-order chi connectivity index (χ1) is 16.5. The minimum absolute atomic E-state index is 0.0510. The Bertz CT molecular complexity index is 846. The molecule has 196 valence electrons. The third-order valence-electron chi connectivity index (χ3n) is 6.24. The van der Waals surface area contributed by atoms with Gasteiger partial charge < -0.3 is 43.2 Å². The number of likely N-dealkylation sites (tertiary alicyclic amines) is 2. The summed E-state index contributed by atoms with van der Waals surface area (Å²) < 4.78 is 0. The van der Waals surface area contributed by atoms with Crippen molar-refractivity contribution in [2.45, 2.75) is 75.5 Å². The molecule has 0 aromatic rings. The van der Waals surface area contributed by atoms with Gasteiger partial charge in [0.15, 0.2) is 5.96 Å². The van der Waals surface area contributed by atoms with E-state index in [-0.39, 0.29) is 38.3 Å². The first-order valence-corrected chi connectivity index (χ1v) is 11.8. The first kappa shape index (κ1) is 27.8. The number of rotatable bonds is 12. The lowest BCUT2D eigenvalue weighted by Crippen LogP contribution is -2.56. The van der Waals surface area contributed by atoms with Crippen molar-refractivity contribution in [3.05, 3.63) is 0 Å². The number of aliphatic carboxylic acids is 1. The third-order valence-corrected chi connectivity index (χ3v) is 6.24. The van der Waals surface area contributed by atoms with Crippen LogP contribution in [0.15, 0.2) is 4.99 Å². The SMILES string of the molecule is NC(=O)CCC(N)C(=O)N1CCCC1C(=O)NC(CCCN=C(N)N)C(=O)N1CCCC1C(=O)O. The molecule has 4 unspecified atom stereocenters. The van der Waals surface area contributed by atoms with Crippen molar-refractivity contribution in [2.24, 2.45) is 27.9 Å². The van der Waals surface area contributed by atoms with Crippen molar-refractivity contribution < 1.29 is 29.1 Å². The Morgan fingerprint density at radius 2 is 1.54 bits per heavy atom. The molecule has 4 amide bonds. The van der Waals surface area contributed by atoms with E-state index in [0.29, 0.717) is 38.6 Å². The Morgan fingerprint density at radius 3 is 2.11 bits per heavy atom. The van der Waals surface area contributed by atoms with Crippen LogP contribution in [0.25, 0.3) is 0 Å². The molecular weight excluding hydrogens is 460 g/mol. The molecule has 2 heterocycles. The summed E-state index contributed by atoms with van der Waals surface area (Å²) in [7, 11) is 0. The molecule has 0 aliphatic carbocycles. The number of nitrogens with two attached hydrogens (primary N) is 4. The van der Waals surface area contributed by atoms with Gasteiger partial charge in [-0.3, -0.25) is 24.2 Å². The van der Waals surface area contributed by atoms with Crippen LogP contribution in [0.2, 0.25) is 0 Å². The van der Waals surface area contributed by atoms with Crippen molar-refractivity contribution >= 4 is 35.6 Å². The second kappa shape index (κ2) is 12.9. The second-order valence-electron chi connectivity index (χ2n) is 8.84. The fourth-order valence-electron chi connectivity index (χ4n) is 4.45. The number of nitrogens with one attached hydrogen (secondary N) is 1. The van der Waals surface area contributed by atoms with Crippen LogP contribution in [0.3, 0.4) is 0 Å². The van der Waals surface area contributed by atoms with E-state index in [0.717, 1.165) is 0 Å². The van der Waals surface area contributed by atoms with Crippen LogP contribution < -0.4 is 28.3 Å². The normalized spacial score (nSPS) is 21.3. The van der Waals surface area contributed by atoms with E-state index < -0.39 is 53.8 Å². The number of hydrogen-bond acceptors (Lipinski definition) is 7. The number of carboxylic acid groups (broad SMARTS) is 1. The average Bonchev–Trinajstić information content (AvgIpc) is 3.48. The lowest BCUT2D eigenvalue weighted by atomic mass is 10.1. The third kappa shape index (κ3) is 7.80. The van der Waals surface area contributed by atoms with E-state index in [4.69, 9.17) is 22.9 Å². The van der Waals surface area contributed by atoms with Crippen molar-refractivity contribution in [1.82, 2.24) is 15.1 Å². The molecule has 14 heteroatoms. The van der Waals surface area contributed by atoms with Crippen LogP contribution in [-0.2, 0) is 24.0 Å². The molecule has 0 aromatic heterocycles. The minimum Gasteiger partial charge on any atom is -0.480 e. The van der Waals surface area contributed by atoms with E-state index in [1.54, 1.807) is 0 Å². The lowest BCUT2D eigenvalue weighted by Gasteiger charge is -2.30. The standard InChI is InChI=1S/C21H36N8O6/c22-12(7-8-16(23)30)18(32)28-10-2-5-14(28)17(31)27-13(4-1-9-26-21(24)25)19(33)29-11-3-6-15(29)20(34)35/h12-15H,1-11,22H2,(H2,23,30)(H,27,31)(H,34,35)(H4,24,25,26). The van der Waals surface area contributed by atoms with Crippen LogP contribution >= 0.6 is 0 Å². The molecule has 2 saturated heterocycles. The van der Waals surface area contributed by atoms with Crippen LogP contribution in [-0.4, -0.2) is 94.3 Å². The maximum Gasteiger partial charge on any atom is 0.326 e. The highest BCUT2D eigenvalue weighted by molar-refractivity contribution is 5.94. The summed E-state index contributed by atoms with van der Waals surface area (Å²) in [5.74, 6) is -3.27. The summed E-state index contributed by atoms with van der Waals surface area (Å²) in [5, 5.41) is 12.2. The number of amides is 4. The zero-order valence-electron chi connectivity index (χ0n) is 19.7. The van der Waals surface area contributed by atoms with Gasteiger partial charge in [0.25, 0.3) is 0 Å². The Balaban J connectivity index is 2.11. The van der Waals surface area contributed by atoms with Crippen molar-refractivity contribution in [1.29, 1.82) is 0 Å².